The van der Waals surface area contributed by atoms with Crippen molar-refractivity contribution in [1.29, 1.82) is 0 Å². The lowest BCUT2D eigenvalue weighted by atomic mass is 10.2. The first-order chi connectivity index (χ1) is 12.7. The standard InChI is InChI=1S/C18H15N3O3S2/c22-15(13-7-3-1-4-8-13)12-25-18-21-20-17(26-18)19-16(23)11-24-14-9-5-2-6-10-14/h1-10H,11-12H2,(H,19,20,23). The van der Waals surface area contributed by atoms with E-state index in [4.69, 9.17) is 4.74 Å². The SMILES string of the molecule is O=C(COc1ccccc1)Nc1nnc(SCC(=O)c2ccccc2)s1. The summed E-state index contributed by atoms with van der Waals surface area (Å²) < 4.78 is 5.99. The van der Waals surface area contributed by atoms with Gasteiger partial charge < -0.3 is 4.74 Å². The number of ketones is 1. The van der Waals surface area contributed by atoms with E-state index >= 15 is 0 Å². The molecule has 8 heteroatoms. The van der Waals surface area contributed by atoms with E-state index in [2.05, 4.69) is 15.5 Å². The molecule has 0 aliphatic carbocycles. The quantitative estimate of drug-likeness (QED) is 0.363. The highest BCUT2D eigenvalue weighted by Gasteiger charge is 2.12. The minimum absolute atomic E-state index is 0.0210. The van der Waals surface area contributed by atoms with Gasteiger partial charge in [-0.3, -0.25) is 14.9 Å². The first kappa shape index (κ1) is 18.1. The average molecular weight is 385 g/mol. The molecule has 1 aromatic heterocycles. The summed E-state index contributed by atoms with van der Waals surface area (Å²) in [5.41, 5.74) is 0.663. The Balaban J connectivity index is 1.45. The Morgan fingerprint density at radius 2 is 1.69 bits per heavy atom. The summed E-state index contributed by atoms with van der Waals surface area (Å²) >= 11 is 2.52. The molecule has 1 N–H and O–H groups in total. The van der Waals surface area contributed by atoms with Gasteiger partial charge in [-0.05, 0) is 12.1 Å². The van der Waals surface area contributed by atoms with Crippen LogP contribution in [-0.4, -0.2) is 34.2 Å². The first-order valence-electron chi connectivity index (χ1n) is 7.73. The van der Waals surface area contributed by atoms with Crippen molar-refractivity contribution in [3.63, 3.8) is 0 Å². The molecule has 0 saturated heterocycles. The van der Waals surface area contributed by atoms with Crippen LogP contribution in [0, 0.1) is 0 Å². The van der Waals surface area contributed by atoms with Crippen LogP contribution >= 0.6 is 23.1 Å². The summed E-state index contributed by atoms with van der Waals surface area (Å²) in [6.07, 6.45) is 0. The molecule has 2 aromatic carbocycles. The number of ether oxygens (including phenoxy) is 1. The van der Waals surface area contributed by atoms with E-state index in [1.807, 2.05) is 36.4 Å². The molecular formula is C18H15N3O3S2. The third kappa shape index (κ3) is 5.40. The maximum atomic E-state index is 12.1. The van der Waals surface area contributed by atoms with E-state index in [1.165, 1.54) is 23.1 Å². The zero-order chi connectivity index (χ0) is 18.2. The van der Waals surface area contributed by atoms with E-state index in [-0.39, 0.29) is 24.1 Å². The predicted octanol–water partition coefficient (Wildman–Crippen LogP) is 3.53. The van der Waals surface area contributed by atoms with E-state index in [9.17, 15) is 9.59 Å². The predicted molar refractivity (Wildman–Crippen MR) is 102 cm³/mol. The smallest absolute Gasteiger partial charge is 0.264 e. The van der Waals surface area contributed by atoms with Gasteiger partial charge in [-0.15, -0.1) is 10.2 Å². The Hall–Kier alpha value is -2.71. The fourth-order valence-corrected chi connectivity index (χ4v) is 3.64. The van der Waals surface area contributed by atoms with Crippen LogP contribution in [0.25, 0.3) is 0 Å². The van der Waals surface area contributed by atoms with Crippen LogP contribution in [0.1, 0.15) is 10.4 Å². The number of para-hydroxylation sites is 1. The highest BCUT2D eigenvalue weighted by Crippen LogP contribution is 2.26. The zero-order valence-electron chi connectivity index (χ0n) is 13.6. The van der Waals surface area contributed by atoms with E-state index < -0.39 is 0 Å². The molecule has 132 valence electrons. The number of hydrogen-bond acceptors (Lipinski definition) is 7. The van der Waals surface area contributed by atoms with Crippen LogP contribution in [0.5, 0.6) is 5.75 Å². The van der Waals surface area contributed by atoms with Gasteiger partial charge in [0, 0.05) is 5.56 Å². The number of rotatable bonds is 8. The van der Waals surface area contributed by atoms with Crippen LogP contribution < -0.4 is 10.1 Å². The third-order valence-electron chi connectivity index (χ3n) is 3.19. The molecular weight excluding hydrogens is 370 g/mol. The minimum Gasteiger partial charge on any atom is -0.484 e. The van der Waals surface area contributed by atoms with Gasteiger partial charge in [-0.25, -0.2) is 0 Å². The molecule has 0 saturated carbocycles. The maximum absolute atomic E-state index is 12.1. The number of nitrogens with zero attached hydrogens (tertiary/aromatic N) is 2. The lowest BCUT2D eigenvalue weighted by molar-refractivity contribution is -0.118. The maximum Gasteiger partial charge on any atom is 0.264 e. The number of carbonyl (C=O) groups excluding carboxylic acids is 2. The monoisotopic (exact) mass is 385 g/mol. The van der Waals surface area contributed by atoms with Crippen LogP contribution in [0.4, 0.5) is 5.13 Å². The van der Waals surface area contributed by atoms with Gasteiger partial charge in [0.1, 0.15) is 5.75 Å². The number of nitrogens with one attached hydrogen (secondary N) is 1. The summed E-state index contributed by atoms with van der Waals surface area (Å²) in [6, 6.07) is 18.2. The third-order valence-corrected chi connectivity index (χ3v) is 5.16. The van der Waals surface area contributed by atoms with Crippen molar-refractivity contribution in [2.75, 3.05) is 17.7 Å². The van der Waals surface area contributed by atoms with Crippen LogP contribution in [0.15, 0.2) is 65.0 Å². The molecule has 0 aliphatic rings. The largest absolute Gasteiger partial charge is 0.484 e. The van der Waals surface area contributed by atoms with Gasteiger partial charge in [0.15, 0.2) is 16.7 Å². The topological polar surface area (TPSA) is 81.2 Å². The van der Waals surface area contributed by atoms with Crippen molar-refractivity contribution in [1.82, 2.24) is 10.2 Å². The molecule has 1 amide bonds. The van der Waals surface area contributed by atoms with Crippen molar-refractivity contribution < 1.29 is 14.3 Å². The second kappa shape index (κ2) is 9.12. The molecule has 0 unspecified atom stereocenters. The number of benzene rings is 2. The lowest BCUT2D eigenvalue weighted by Crippen LogP contribution is -2.20. The Kier molecular flexibility index (Phi) is 6.34. The fraction of sp³-hybridized carbons (Fsp3) is 0.111. The number of anilines is 1. The van der Waals surface area contributed by atoms with Crippen LogP contribution in [-0.2, 0) is 4.79 Å². The van der Waals surface area contributed by atoms with Crippen molar-refractivity contribution >= 4 is 39.9 Å². The van der Waals surface area contributed by atoms with E-state index in [0.717, 1.165) is 0 Å². The summed E-state index contributed by atoms with van der Waals surface area (Å²) in [4.78, 5) is 24.0. The van der Waals surface area contributed by atoms with Crippen molar-refractivity contribution in [3.8, 4) is 5.75 Å². The Bertz CT molecular complexity index is 870. The molecule has 26 heavy (non-hydrogen) atoms. The van der Waals surface area contributed by atoms with Gasteiger partial charge in [0.25, 0.3) is 5.91 Å². The molecule has 0 aliphatic heterocycles. The fourth-order valence-electron chi connectivity index (χ4n) is 1.97. The molecule has 0 atom stereocenters. The second-order valence-electron chi connectivity index (χ2n) is 5.10. The van der Waals surface area contributed by atoms with Gasteiger partial charge in [0.05, 0.1) is 5.75 Å². The van der Waals surface area contributed by atoms with Gasteiger partial charge in [-0.2, -0.15) is 0 Å². The Labute approximate surface area is 158 Å². The number of aromatic nitrogens is 2. The Morgan fingerprint density at radius 3 is 2.42 bits per heavy atom. The first-order valence-corrected chi connectivity index (χ1v) is 9.53. The Morgan fingerprint density at radius 1 is 1.00 bits per heavy atom. The minimum atomic E-state index is -0.318. The molecule has 3 rings (SSSR count). The second-order valence-corrected chi connectivity index (χ2v) is 7.30. The molecule has 3 aromatic rings. The van der Waals surface area contributed by atoms with Crippen LogP contribution in [0.3, 0.4) is 0 Å². The van der Waals surface area contributed by atoms with E-state index in [1.54, 1.807) is 24.3 Å². The van der Waals surface area contributed by atoms with Gasteiger partial charge in [-0.1, -0.05) is 71.6 Å². The highest BCUT2D eigenvalue weighted by molar-refractivity contribution is 8.01. The molecule has 1 heterocycles. The number of carbonyl (C=O) groups is 2. The number of Topliss-reactive ketones (excluding diaryl/α,β-unsaturated/α-hetero) is 1. The van der Waals surface area contributed by atoms with Crippen molar-refractivity contribution in [2.24, 2.45) is 0 Å². The summed E-state index contributed by atoms with van der Waals surface area (Å²) in [6.45, 7) is -0.113. The normalized spacial score (nSPS) is 10.3. The van der Waals surface area contributed by atoms with Crippen molar-refractivity contribution in [2.45, 2.75) is 4.34 Å². The molecule has 0 bridgehead atoms. The van der Waals surface area contributed by atoms with Crippen molar-refractivity contribution in [3.05, 3.63) is 66.2 Å². The summed E-state index contributed by atoms with van der Waals surface area (Å²) in [5, 5.41) is 10.9. The van der Waals surface area contributed by atoms with Crippen LogP contribution in [0.2, 0.25) is 0 Å². The summed E-state index contributed by atoms with van der Waals surface area (Å²) in [5.74, 6) is 0.592. The van der Waals surface area contributed by atoms with Gasteiger partial charge in [0.2, 0.25) is 5.13 Å². The number of amides is 1. The van der Waals surface area contributed by atoms with E-state index in [0.29, 0.717) is 20.8 Å². The molecule has 0 spiro atoms. The molecule has 0 radical (unpaired) electrons. The van der Waals surface area contributed by atoms with Gasteiger partial charge >= 0.3 is 0 Å². The summed E-state index contributed by atoms with van der Waals surface area (Å²) in [7, 11) is 0. The lowest BCUT2D eigenvalue weighted by Gasteiger charge is -2.04. The molecule has 0 fully saturated rings. The highest BCUT2D eigenvalue weighted by atomic mass is 32.2. The molecule has 6 nitrogen and oxygen atoms in total. The zero-order valence-corrected chi connectivity index (χ0v) is 15.3. The number of thioether (sulfide) groups is 1. The number of hydrogen-bond donors (Lipinski definition) is 1. The average Bonchev–Trinajstić information content (AvgIpc) is 3.13.